The van der Waals surface area contributed by atoms with Gasteiger partial charge in [-0.15, -0.1) is 0 Å². The molecule has 2 aliphatic heterocycles. The van der Waals surface area contributed by atoms with Crippen LogP contribution in [0.25, 0.3) is 0 Å². The summed E-state index contributed by atoms with van der Waals surface area (Å²) in [7, 11) is 1.40. The molecule has 5 rings (SSSR count). The van der Waals surface area contributed by atoms with Gasteiger partial charge in [0, 0.05) is 42.9 Å². The maximum Gasteiger partial charge on any atom is 0.338 e. The average Bonchev–Trinajstić information content (AvgIpc) is 3.90. The molecule has 0 radical (unpaired) electrons. The summed E-state index contributed by atoms with van der Waals surface area (Å²) in [5, 5.41) is 50.6. The number of carbonyl (C=O) groups excluding carboxylic acids is 3. The number of nitrogens with zero attached hydrogens (tertiary/aromatic N) is 2. The van der Waals surface area contributed by atoms with Crippen LogP contribution in [0.1, 0.15) is 76.8 Å². The van der Waals surface area contributed by atoms with Crippen molar-refractivity contribution in [2.45, 2.75) is 75.9 Å². The highest BCUT2D eigenvalue weighted by Gasteiger charge is 2.45. The zero-order valence-electron chi connectivity index (χ0n) is 27.5. The Labute approximate surface area is 280 Å². The van der Waals surface area contributed by atoms with Crippen LogP contribution >= 0.6 is 0 Å². The third-order valence-electron chi connectivity index (χ3n) is 9.82. The molecule has 2 amide bonds. The highest BCUT2D eigenvalue weighted by Crippen LogP contribution is 2.45. The monoisotopic (exact) mass is 669 g/mol. The van der Waals surface area contributed by atoms with Gasteiger partial charge in [-0.3, -0.25) is 14.5 Å². The van der Waals surface area contributed by atoms with E-state index in [1.807, 2.05) is 13.0 Å². The molecule has 13 nitrogen and oxygen atoms in total. The number of carbonyl (C=O) groups is 3. The lowest BCUT2D eigenvalue weighted by Gasteiger charge is -2.39. The molecule has 1 saturated carbocycles. The Bertz CT molecular complexity index is 1460. The van der Waals surface area contributed by atoms with E-state index < -0.39 is 43.5 Å². The van der Waals surface area contributed by atoms with Crippen molar-refractivity contribution >= 4 is 23.5 Å². The van der Waals surface area contributed by atoms with Crippen LogP contribution in [-0.4, -0.2) is 119 Å². The molecule has 0 aromatic heterocycles. The molecule has 2 saturated heterocycles. The lowest BCUT2D eigenvalue weighted by atomic mass is 9.77. The van der Waals surface area contributed by atoms with Crippen LogP contribution in [0.3, 0.4) is 0 Å². The van der Waals surface area contributed by atoms with Gasteiger partial charge in [0.15, 0.2) is 0 Å². The van der Waals surface area contributed by atoms with Crippen LogP contribution in [0.5, 0.6) is 5.75 Å². The van der Waals surface area contributed by atoms with E-state index in [0.717, 1.165) is 49.9 Å². The van der Waals surface area contributed by atoms with Gasteiger partial charge in [0.2, 0.25) is 5.91 Å². The van der Waals surface area contributed by atoms with Gasteiger partial charge in [-0.2, -0.15) is 0 Å². The molecule has 4 atom stereocenters. The van der Waals surface area contributed by atoms with E-state index in [4.69, 9.17) is 14.6 Å². The number of amides is 2. The average molecular weight is 670 g/mol. The molecule has 2 heterocycles. The molecule has 262 valence electrons. The Morgan fingerprint density at radius 1 is 1.02 bits per heavy atom. The molecule has 0 bridgehead atoms. The summed E-state index contributed by atoms with van der Waals surface area (Å²) >= 11 is 0. The number of rotatable bonds is 14. The maximum absolute atomic E-state index is 13.2. The zero-order chi connectivity index (χ0) is 34.6. The van der Waals surface area contributed by atoms with Crippen molar-refractivity contribution in [1.29, 1.82) is 0 Å². The first-order valence-corrected chi connectivity index (χ1v) is 16.6. The molecule has 2 aromatic rings. The SMILES string of the molecule is CCOc1cc(C(=O)OC)c(C2CC2)cc1CN1CCC2(CC1)CC(=O)N(c1ccc(C(=O)NCC(O)C(O)C(O)C(O)CO)cc1)C2. The molecule has 13 heteroatoms. The number of piperidine rings is 1. The van der Waals surface area contributed by atoms with Crippen molar-refractivity contribution in [1.82, 2.24) is 10.2 Å². The number of anilines is 1. The fourth-order valence-corrected chi connectivity index (χ4v) is 6.74. The first-order valence-electron chi connectivity index (χ1n) is 16.6. The second kappa shape index (κ2) is 15.3. The van der Waals surface area contributed by atoms with Crippen LogP contribution in [0.15, 0.2) is 36.4 Å². The summed E-state index contributed by atoms with van der Waals surface area (Å²) in [6.45, 7) is 4.13. The summed E-state index contributed by atoms with van der Waals surface area (Å²) < 4.78 is 11.0. The minimum atomic E-state index is -1.78. The minimum absolute atomic E-state index is 0.0347. The lowest BCUT2D eigenvalue weighted by Crippen LogP contribution is -2.49. The van der Waals surface area contributed by atoms with Gasteiger partial charge < -0.3 is 45.2 Å². The number of likely N-dealkylation sites (tertiary alicyclic amines) is 1. The van der Waals surface area contributed by atoms with Crippen molar-refractivity contribution in [2.24, 2.45) is 5.41 Å². The third-order valence-corrected chi connectivity index (χ3v) is 9.82. The first kappa shape index (κ1) is 35.7. The van der Waals surface area contributed by atoms with Gasteiger partial charge in [0.25, 0.3) is 5.91 Å². The van der Waals surface area contributed by atoms with Crippen LogP contribution in [-0.2, 0) is 16.1 Å². The van der Waals surface area contributed by atoms with E-state index in [0.29, 0.717) is 49.0 Å². The van der Waals surface area contributed by atoms with E-state index in [9.17, 15) is 34.8 Å². The number of aliphatic hydroxyl groups is 5. The van der Waals surface area contributed by atoms with Crippen LogP contribution in [0, 0.1) is 5.41 Å². The minimum Gasteiger partial charge on any atom is -0.494 e. The summed E-state index contributed by atoms with van der Waals surface area (Å²) in [6, 6.07) is 10.5. The van der Waals surface area contributed by atoms with Crippen molar-refractivity contribution in [3.05, 3.63) is 58.7 Å². The topological polar surface area (TPSA) is 189 Å². The number of hydrogen-bond donors (Lipinski definition) is 6. The van der Waals surface area contributed by atoms with Gasteiger partial charge in [0.05, 0.1) is 32.0 Å². The molecule has 2 aromatic carbocycles. The first-order chi connectivity index (χ1) is 23.0. The summed E-state index contributed by atoms with van der Waals surface area (Å²) in [5.41, 5.74) is 3.48. The number of esters is 1. The van der Waals surface area contributed by atoms with Gasteiger partial charge in [-0.05, 0) is 99.0 Å². The molecular formula is C35H47N3O10. The Morgan fingerprint density at radius 2 is 1.69 bits per heavy atom. The number of nitrogens with one attached hydrogen (secondary N) is 1. The molecule has 1 aliphatic carbocycles. The summed E-state index contributed by atoms with van der Waals surface area (Å²) in [5.74, 6) is 0.235. The highest BCUT2D eigenvalue weighted by atomic mass is 16.5. The number of ether oxygens (including phenoxy) is 2. The lowest BCUT2D eigenvalue weighted by molar-refractivity contribution is -0.118. The van der Waals surface area contributed by atoms with E-state index in [-0.39, 0.29) is 22.9 Å². The zero-order valence-corrected chi connectivity index (χ0v) is 27.5. The Morgan fingerprint density at radius 3 is 2.29 bits per heavy atom. The molecule has 6 N–H and O–H groups in total. The Kier molecular flexibility index (Phi) is 11.4. The second-order valence-electron chi connectivity index (χ2n) is 13.2. The van der Waals surface area contributed by atoms with Crippen molar-refractivity contribution < 1.29 is 49.4 Å². The number of hydrogen-bond acceptors (Lipinski definition) is 11. The fourth-order valence-electron chi connectivity index (χ4n) is 6.74. The van der Waals surface area contributed by atoms with Gasteiger partial charge in [-0.1, -0.05) is 0 Å². The van der Waals surface area contributed by atoms with Gasteiger partial charge >= 0.3 is 5.97 Å². The van der Waals surface area contributed by atoms with Crippen LogP contribution in [0.2, 0.25) is 0 Å². The van der Waals surface area contributed by atoms with E-state index in [1.165, 1.54) is 7.11 Å². The Hall–Kier alpha value is -3.59. The standard InChI is InChI=1S/C35H47N3O10/c1-3-48-29-15-26(34(46)47-2)25(21-4-5-21)14-23(29)18-37-12-10-35(11-13-37)16-30(42)38(20-35)24-8-6-22(7-9-24)33(45)36-17-27(40)31(43)32(44)28(41)19-39/h6-9,14-15,21,27-28,31-32,39-41,43-44H,3-5,10-13,16-20H2,1-2H3,(H,36,45). The predicted molar refractivity (Wildman–Crippen MR) is 175 cm³/mol. The smallest absolute Gasteiger partial charge is 0.338 e. The Balaban J connectivity index is 1.16. The maximum atomic E-state index is 13.2. The number of benzene rings is 2. The van der Waals surface area contributed by atoms with Crippen molar-refractivity contribution in [2.75, 3.05) is 51.4 Å². The van der Waals surface area contributed by atoms with Crippen molar-refractivity contribution in [3.63, 3.8) is 0 Å². The van der Waals surface area contributed by atoms with E-state index >= 15 is 0 Å². The molecular weight excluding hydrogens is 622 g/mol. The normalized spacial score (nSPS) is 20.3. The number of methoxy groups -OCH3 is 1. The quantitative estimate of drug-likeness (QED) is 0.157. The molecule has 48 heavy (non-hydrogen) atoms. The molecule has 3 fully saturated rings. The fraction of sp³-hybridized carbons (Fsp3) is 0.571. The van der Waals surface area contributed by atoms with Crippen molar-refractivity contribution in [3.8, 4) is 5.75 Å². The largest absolute Gasteiger partial charge is 0.494 e. The highest BCUT2D eigenvalue weighted by molar-refractivity contribution is 5.98. The van der Waals surface area contributed by atoms with Gasteiger partial charge in [-0.25, -0.2) is 4.79 Å². The summed E-state index contributed by atoms with van der Waals surface area (Å²) in [6.07, 6.45) is -2.49. The second-order valence-corrected chi connectivity index (χ2v) is 13.2. The van der Waals surface area contributed by atoms with Crippen LogP contribution < -0.4 is 15.0 Å². The molecule has 3 aliphatic rings. The molecule has 4 unspecified atom stereocenters. The van der Waals surface area contributed by atoms with E-state index in [1.54, 1.807) is 29.2 Å². The molecule has 1 spiro atoms. The third kappa shape index (κ3) is 7.99. The predicted octanol–water partition coefficient (Wildman–Crippen LogP) is 0.934. The van der Waals surface area contributed by atoms with Gasteiger partial charge in [0.1, 0.15) is 24.1 Å². The number of aliphatic hydroxyl groups excluding tert-OH is 5. The van der Waals surface area contributed by atoms with E-state index in [2.05, 4.69) is 16.3 Å². The summed E-state index contributed by atoms with van der Waals surface area (Å²) in [4.78, 5) is 42.5. The van der Waals surface area contributed by atoms with Crippen LogP contribution in [0.4, 0.5) is 5.69 Å².